The Balaban J connectivity index is 1.75. The van der Waals surface area contributed by atoms with Crippen molar-refractivity contribution in [1.82, 2.24) is 10.9 Å². The topological polar surface area (TPSA) is 140 Å². The number of nitro benzene ring substituents is 1. The fourth-order valence-electron chi connectivity index (χ4n) is 2.26. The van der Waals surface area contributed by atoms with Gasteiger partial charge in [0.05, 0.1) is 20.7 Å². The standard InChI is InChI=1S/C18H16Cl2N4O6/c1-10-7-11(5-6-14(10)24(28)29)18(27)23-22-16(26)9-30-8-15(25)21-13-4-2-3-12(19)17(13)20/h2-7H,8-9H2,1H3,(H,21,25)(H,22,26)(H,23,27). The number of carbonyl (C=O) groups is 3. The maximum Gasteiger partial charge on any atom is 0.272 e. The molecule has 12 heteroatoms. The first-order valence-corrected chi connectivity index (χ1v) is 9.10. The molecule has 3 amide bonds. The predicted molar refractivity (Wildman–Crippen MR) is 109 cm³/mol. The number of nitrogens with zero attached hydrogens (tertiary/aromatic N) is 1. The van der Waals surface area contributed by atoms with Crippen molar-refractivity contribution < 1.29 is 24.0 Å². The third-order valence-corrected chi connectivity index (χ3v) is 4.48. The highest BCUT2D eigenvalue weighted by Gasteiger charge is 2.14. The third kappa shape index (κ3) is 6.41. The second kappa shape index (κ2) is 10.5. The van der Waals surface area contributed by atoms with E-state index in [1.54, 1.807) is 18.2 Å². The van der Waals surface area contributed by atoms with E-state index in [2.05, 4.69) is 16.2 Å². The zero-order valence-corrected chi connectivity index (χ0v) is 17.0. The molecular formula is C18H16Cl2N4O6. The predicted octanol–water partition coefficient (Wildman–Crippen LogP) is 2.63. The fraction of sp³-hybridized carbons (Fsp3) is 0.167. The van der Waals surface area contributed by atoms with Crippen molar-refractivity contribution in [2.24, 2.45) is 0 Å². The van der Waals surface area contributed by atoms with E-state index >= 15 is 0 Å². The smallest absolute Gasteiger partial charge is 0.272 e. The molecule has 0 atom stereocenters. The van der Waals surface area contributed by atoms with E-state index in [1.807, 2.05) is 0 Å². The van der Waals surface area contributed by atoms with E-state index in [0.29, 0.717) is 11.3 Å². The van der Waals surface area contributed by atoms with Crippen molar-refractivity contribution >= 4 is 52.3 Å². The van der Waals surface area contributed by atoms with E-state index in [0.717, 1.165) is 0 Å². The lowest BCUT2D eigenvalue weighted by atomic mass is 10.1. The van der Waals surface area contributed by atoms with Gasteiger partial charge in [0.1, 0.15) is 13.2 Å². The van der Waals surface area contributed by atoms with Gasteiger partial charge in [0.2, 0.25) is 5.91 Å². The Labute approximate surface area is 180 Å². The highest BCUT2D eigenvalue weighted by Crippen LogP contribution is 2.29. The lowest BCUT2D eigenvalue weighted by molar-refractivity contribution is -0.385. The number of carbonyl (C=O) groups excluding carboxylic acids is 3. The number of aryl methyl sites for hydroxylation is 1. The van der Waals surface area contributed by atoms with Gasteiger partial charge in [-0.25, -0.2) is 0 Å². The minimum Gasteiger partial charge on any atom is -0.362 e. The zero-order chi connectivity index (χ0) is 22.3. The maximum absolute atomic E-state index is 12.0. The lowest BCUT2D eigenvalue weighted by Gasteiger charge is -2.10. The molecule has 0 unspecified atom stereocenters. The molecule has 2 aromatic rings. The van der Waals surface area contributed by atoms with Crippen LogP contribution in [0.4, 0.5) is 11.4 Å². The molecule has 0 aliphatic heterocycles. The number of anilines is 1. The fourth-order valence-corrected chi connectivity index (χ4v) is 2.61. The van der Waals surface area contributed by atoms with Crippen LogP contribution in [0.3, 0.4) is 0 Å². The zero-order valence-electron chi connectivity index (χ0n) is 15.5. The van der Waals surface area contributed by atoms with E-state index < -0.39 is 35.9 Å². The molecule has 2 aromatic carbocycles. The van der Waals surface area contributed by atoms with Crippen LogP contribution in [-0.4, -0.2) is 35.9 Å². The Kier molecular flexibility index (Phi) is 8.10. The van der Waals surface area contributed by atoms with Crippen molar-refractivity contribution in [3.8, 4) is 0 Å². The van der Waals surface area contributed by atoms with Crippen molar-refractivity contribution in [2.75, 3.05) is 18.5 Å². The number of rotatable bonds is 7. The molecule has 2 rings (SSSR count). The van der Waals surface area contributed by atoms with Crippen LogP contribution in [0.1, 0.15) is 15.9 Å². The summed E-state index contributed by atoms with van der Waals surface area (Å²) in [6.45, 7) is 0.547. The number of hydrogen-bond donors (Lipinski definition) is 3. The van der Waals surface area contributed by atoms with Crippen molar-refractivity contribution in [3.63, 3.8) is 0 Å². The summed E-state index contributed by atoms with van der Waals surface area (Å²) < 4.78 is 4.97. The average Bonchev–Trinajstić information content (AvgIpc) is 2.69. The first-order valence-electron chi connectivity index (χ1n) is 8.35. The molecule has 0 spiro atoms. The van der Waals surface area contributed by atoms with Crippen LogP contribution in [0.25, 0.3) is 0 Å². The first kappa shape index (κ1) is 23.1. The Hall–Kier alpha value is -3.21. The van der Waals surface area contributed by atoms with Crippen molar-refractivity contribution in [3.05, 3.63) is 67.7 Å². The Morgan fingerprint density at radius 1 is 1.07 bits per heavy atom. The minimum absolute atomic E-state index is 0.122. The summed E-state index contributed by atoms with van der Waals surface area (Å²) >= 11 is 11.8. The summed E-state index contributed by atoms with van der Waals surface area (Å²) in [7, 11) is 0. The number of nitro groups is 1. The van der Waals surface area contributed by atoms with Crippen LogP contribution in [0.2, 0.25) is 10.0 Å². The van der Waals surface area contributed by atoms with Gasteiger partial charge in [-0.1, -0.05) is 29.3 Å². The number of hydrogen-bond acceptors (Lipinski definition) is 6. The molecular weight excluding hydrogens is 439 g/mol. The molecule has 0 fully saturated rings. The van der Waals surface area contributed by atoms with Crippen molar-refractivity contribution in [2.45, 2.75) is 6.92 Å². The van der Waals surface area contributed by atoms with E-state index in [1.165, 1.54) is 25.1 Å². The van der Waals surface area contributed by atoms with Gasteiger partial charge >= 0.3 is 0 Å². The number of benzene rings is 2. The summed E-state index contributed by atoms with van der Waals surface area (Å²) in [4.78, 5) is 45.8. The summed E-state index contributed by atoms with van der Waals surface area (Å²) in [6.07, 6.45) is 0. The largest absolute Gasteiger partial charge is 0.362 e. The molecule has 158 valence electrons. The summed E-state index contributed by atoms with van der Waals surface area (Å²) in [6, 6.07) is 8.49. The van der Waals surface area contributed by atoms with Crippen LogP contribution in [0.5, 0.6) is 0 Å². The number of nitrogens with one attached hydrogen (secondary N) is 3. The van der Waals surface area contributed by atoms with Crippen LogP contribution >= 0.6 is 23.2 Å². The monoisotopic (exact) mass is 454 g/mol. The molecule has 0 aliphatic rings. The Bertz CT molecular complexity index is 999. The van der Waals surface area contributed by atoms with Gasteiger partial charge in [0.25, 0.3) is 17.5 Å². The summed E-state index contributed by atoms with van der Waals surface area (Å²) in [5.74, 6) is -1.94. The van der Waals surface area contributed by atoms with Gasteiger partial charge in [-0.3, -0.25) is 35.3 Å². The van der Waals surface area contributed by atoms with Crippen LogP contribution in [-0.2, 0) is 14.3 Å². The van der Waals surface area contributed by atoms with Gasteiger partial charge < -0.3 is 10.1 Å². The van der Waals surface area contributed by atoms with Crippen LogP contribution in [0, 0.1) is 17.0 Å². The lowest BCUT2D eigenvalue weighted by Crippen LogP contribution is -2.43. The van der Waals surface area contributed by atoms with Gasteiger partial charge in [0, 0.05) is 17.2 Å². The SMILES string of the molecule is Cc1cc(C(=O)NNC(=O)COCC(=O)Nc2cccc(Cl)c2Cl)ccc1[N+](=O)[O-]. The van der Waals surface area contributed by atoms with Gasteiger partial charge in [0.15, 0.2) is 0 Å². The molecule has 10 nitrogen and oxygen atoms in total. The molecule has 0 aromatic heterocycles. The first-order chi connectivity index (χ1) is 14.2. The summed E-state index contributed by atoms with van der Waals surface area (Å²) in [5.41, 5.74) is 4.85. The highest BCUT2D eigenvalue weighted by atomic mass is 35.5. The molecule has 0 radical (unpaired) electrons. The Morgan fingerprint density at radius 3 is 2.43 bits per heavy atom. The number of ether oxygens (including phenoxy) is 1. The second-order valence-corrected chi connectivity index (χ2v) is 6.69. The summed E-state index contributed by atoms with van der Waals surface area (Å²) in [5, 5.41) is 13.7. The normalized spacial score (nSPS) is 10.2. The number of amides is 3. The highest BCUT2D eigenvalue weighted by molar-refractivity contribution is 6.44. The minimum atomic E-state index is -0.712. The number of hydrazine groups is 1. The molecule has 0 saturated carbocycles. The van der Waals surface area contributed by atoms with E-state index in [4.69, 9.17) is 27.9 Å². The van der Waals surface area contributed by atoms with E-state index in [-0.39, 0.29) is 21.3 Å². The second-order valence-electron chi connectivity index (χ2n) is 5.90. The van der Waals surface area contributed by atoms with Crippen LogP contribution < -0.4 is 16.2 Å². The average molecular weight is 455 g/mol. The van der Waals surface area contributed by atoms with Gasteiger partial charge in [-0.15, -0.1) is 0 Å². The molecule has 0 saturated heterocycles. The molecule has 0 bridgehead atoms. The third-order valence-electron chi connectivity index (χ3n) is 3.66. The molecule has 0 heterocycles. The van der Waals surface area contributed by atoms with Crippen LogP contribution in [0.15, 0.2) is 36.4 Å². The molecule has 30 heavy (non-hydrogen) atoms. The molecule has 0 aliphatic carbocycles. The van der Waals surface area contributed by atoms with Gasteiger partial charge in [-0.05, 0) is 31.2 Å². The van der Waals surface area contributed by atoms with E-state index in [9.17, 15) is 24.5 Å². The quantitative estimate of drug-likeness (QED) is 0.433. The maximum atomic E-state index is 12.0. The molecule has 3 N–H and O–H groups in total. The number of halogens is 2. The van der Waals surface area contributed by atoms with Crippen molar-refractivity contribution in [1.29, 1.82) is 0 Å². The van der Waals surface area contributed by atoms with Gasteiger partial charge in [-0.2, -0.15) is 0 Å². The Morgan fingerprint density at radius 2 is 1.77 bits per heavy atom.